The number of rotatable bonds is 6. The molecule has 1 N–H and O–H groups in total. The monoisotopic (exact) mass is 193 g/mol. The maximum atomic E-state index is 8.94. The lowest BCUT2D eigenvalue weighted by molar-refractivity contribution is 0.308. The molecule has 2 aliphatic carbocycles. The van der Waals surface area contributed by atoms with Crippen molar-refractivity contribution in [2.24, 2.45) is 0 Å². The van der Waals surface area contributed by atoms with E-state index < -0.39 is 0 Å². The van der Waals surface area contributed by atoms with Crippen molar-refractivity contribution in [3.05, 3.63) is 0 Å². The van der Waals surface area contributed by atoms with Crippen molar-refractivity contribution in [3.63, 3.8) is 0 Å². The van der Waals surface area contributed by atoms with Crippen LogP contribution in [0.4, 0.5) is 0 Å². The summed E-state index contributed by atoms with van der Waals surface area (Å²) in [5.74, 6) is 0. The SMILES string of the molecule is CN(CCC(C#N)NC1CC1)C1CC1. The van der Waals surface area contributed by atoms with Crippen molar-refractivity contribution in [1.29, 1.82) is 5.26 Å². The predicted octanol–water partition coefficient (Wildman–Crippen LogP) is 1.11. The zero-order valence-electron chi connectivity index (χ0n) is 8.87. The standard InChI is InChI=1S/C11H19N3/c1-14(11-4-5-11)7-6-10(8-12)13-9-2-3-9/h9-11,13H,2-7H2,1H3. The minimum Gasteiger partial charge on any atom is -0.303 e. The van der Waals surface area contributed by atoms with Crippen LogP contribution >= 0.6 is 0 Å². The molecule has 0 saturated heterocycles. The molecule has 1 unspecified atom stereocenters. The van der Waals surface area contributed by atoms with Gasteiger partial charge in [0.05, 0.1) is 12.1 Å². The Morgan fingerprint density at radius 1 is 1.43 bits per heavy atom. The fourth-order valence-electron chi connectivity index (χ4n) is 1.75. The van der Waals surface area contributed by atoms with Crippen LogP contribution in [0.5, 0.6) is 0 Å². The van der Waals surface area contributed by atoms with E-state index in [1.807, 2.05) is 0 Å². The van der Waals surface area contributed by atoms with Crippen molar-refractivity contribution in [3.8, 4) is 6.07 Å². The van der Waals surface area contributed by atoms with Crippen molar-refractivity contribution in [2.75, 3.05) is 13.6 Å². The van der Waals surface area contributed by atoms with Gasteiger partial charge < -0.3 is 4.90 Å². The van der Waals surface area contributed by atoms with E-state index in [4.69, 9.17) is 5.26 Å². The van der Waals surface area contributed by atoms with E-state index in [1.165, 1.54) is 25.7 Å². The fraction of sp³-hybridized carbons (Fsp3) is 0.909. The molecule has 0 amide bonds. The molecule has 0 aromatic heterocycles. The van der Waals surface area contributed by atoms with Crippen molar-refractivity contribution >= 4 is 0 Å². The molecule has 0 spiro atoms. The quantitative estimate of drug-likeness (QED) is 0.687. The van der Waals surface area contributed by atoms with Gasteiger partial charge in [0.25, 0.3) is 0 Å². The Morgan fingerprint density at radius 3 is 2.64 bits per heavy atom. The van der Waals surface area contributed by atoms with Crippen molar-refractivity contribution in [2.45, 2.75) is 50.2 Å². The minimum absolute atomic E-state index is 0.0729. The molecule has 78 valence electrons. The Hall–Kier alpha value is -0.590. The first-order chi connectivity index (χ1) is 6.79. The molecule has 2 rings (SSSR count). The summed E-state index contributed by atoms with van der Waals surface area (Å²) < 4.78 is 0. The van der Waals surface area contributed by atoms with Crippen molar-refractivity contribution < 1.29 is 0 Å². The molecule has 1 atom stereocenters. The maximum Gasteiger partial charge on any atom is 0.0967 e. The van der Waals surface area contributed by atoms with Crippen LogP contribution in [-0.4, -0.2) is 36.6 Å². The maximum absolute atomic E-state index is 8.94. The lowest BCUT2D eigenvalue weighted by Gasteiger charge is -2.18. The zero-order chi connectivity index (χ0) is 9.97. The van der Waals surface area contributed by atoms with Gasteiger partial charge in [-0.05, 0) is 39.2 Å². The summed E-state index contributed by atoms with van der Waals surface area (Å²) in [6, 6.07) is 3.88. The number of nitriles is 1. The summed E-state index contributed by atoms with van der Waals surface area (Å²) in [6.45, 7) is 1.06. The molecule has 0 heterocycles. The average Bonchev–Trinajstić information content (AvgIpc) is 3.03. The van der Waals surface area contributed by atoms with Gasteiger partial charge in [-0.1, -0.05) is 0 Å². The lowest BCUT2D eigenvalue weighted by Crippen LogP contribution is -2.34. The van der Waals surface area contributed by atoms with E-state index in [1.54, 1.807) is 0 Å². The van der Waals surface area contributed by atoms with Crippen LogP contribution in [0, 0.1) is 11.3 Å². The molecule has 0 aliphatic heterocycles. The van der Waals surface area contributed by atoms with Gasteiger partial charge >= 0.3 is 0 Å². The van der Waals surface area contributed by atoms with Gasteiger partial charge in [0.15, 0.2) is 0 Å². The largest absolute Gasteiger partial charge is 0.303 e. The minimum atomic E-state index is 0.0729. The van der Waals surface area contributed by atoms with Gasteiger partial charge in [0, 0.05) is 18.6 Å². The normalized spacial score (nSPS) is 23.5. The van der Waals surface area contributed by atoms with E-state index in [-0.39, 0.29) is 6.04 Å². The van der Waals surface area contributed by atoms with Crippen molar-refractivity contribution in [1.82, 2.24) is 10.2 Å². The topological polar surface area (TPSA) is 39.1 Å². The Kier molecular flexibility index (Phi) is 3.05. The highest BCUT2D eigenvalue weighted by Crippen LogP contribution is 2.25. The van der Waals surface area contributed by atoms with Gasteiger partial charge in [-0.2, -0.15) is 5.26 Å². The second-order valence-electron chi connectivity index (χ2n) is 4.62. The summed E-state index contributed by atoms with van der Waals surface area (Å²) in [5, 5.41) is 12.3. The molecular weight excluding hydrogens is 174 g/mol. The van der Waals surface area contributed by atoms with Crippen LogP contribution in [0.2, 0.25) is 0 Å². The second-order valence-corrected chi connectivity index (χ2v) is 4.62. The van der Waals surface area contributed by atoms with E-state index in [0.717, 1.165) is 19.0 Å². The molecule has 0 bridgehead atoms. The highest BCUT2D eigenvalue weighted by molar-refractivity contribution is 4.96. The van der Waals surface area contributed by atoms with Crippen LogP contribution in [0.1, 0.15) is 32.1 Å². The summed E-state index contributed by atoms with van der Waals surface area (Å²) >= 11 is 0. The molecule has 3 nitrogen and oxygen atoms in total. The number of nitrogens with zero attached hydrogens (tertiary/aromatic N) is 2. The van der Waals surface area contributed by atoms with E-state index in [9.17, 15) is 0 Å². The fourth-order valence-corrected chi connectivity index (χ4v) is 1.75. The molecule has 14 heavy (non-hydrogen) atoms. The Bertz CT molecular complexity index is 225. The van der Waals surface area contributed by atoms with Gasteiger partial charge in [0.1, 0.15) is 0 Å². The molecule has 2 saturated carbocycles. The first-order valence-electron chi connectivity index (χ1n) is 5.65. The molecule has 0 aromatic rings. The zero-order valence-corrected chi connectivity index (χ0v) is 8.87. The Labute approximate surface area is 86.1 Å². The van der Waals surface area contributed by atoms with Gasteiger partial charge in [-0.3, -0.25) is 5.32 Å². The van der Waals surface area contributed by atoms with Gasteiger partial charge in [-0.15, -0.1) is 0 Å². The molecular formula is C11H19N3. The first-order valence-corrected chi connectivity index (χ1v) is 5.65. The average molecular weight is 193 g/mol. The third-order valence-corrected chi connectivity index (χ3v) is 3.11. The smallest absolute Gasteiger partial charge is 0.0967 e. The molecule has 3 heteroatoms. The molecule has 2 aliphatic rings. The molecule has 0 radical (unpaired) electrons. The van der Waals surface area contributed by atoms with Gasteiger partial charge in [-0.25, -0.2) is 0 Å². The van der Waals surface area contributed by atoms with Gasteiger partial charge in [0.2, 0.25) is 0 Å². The summed E-state index contributed by atoms with van der Waals surface area (Å²) in [5.41, 5.74) is 0. The van der Waals surface area contributed by atoms with Crippen LogP contribution < -0.4 is 5.32 Å². The summed E-state index contributed by atoms with van der Waals surface area (Å²) in [4.78, 5) is 2.39. The Balaban J connectivity index is 1.63. The Morgan fingerprint density at radius 2 is 2.14 bits per heavy atom. The summed E-state index contributed by atoms with van der Waals surface area (Å²) in [6.07, 6.45) is 6.20. The van der Waals surface area contributed by atoms with Crippen LogP contribution in [-0.2, 0) is 0 Å². The second kappa shape index (κ2) is 4.29. The van der Waals surface area contributed by atoms with E-state index in [2.05, 4.69) is 23.3 Å². The first kappa shape index (κ1) is 9.95. The molecule has 2 fully saturated rings. The van der Waals surface area contributed by atoms with E-state index in [0.29, 0.717) is 6.04 Å². The summed E-state index contributed by atoms with van der Waals surface area (Å²) in [7, 11) is 2.17. The van der Waals surface area contributed by atoms with Crippen LogP contribution in [0.25, 0.3) is 0 Å². The van der Waals surface area contributed by atoms with E-state index >= 15 is 0 Å². The third-order valence-electron chi connectivity index (χ3n) is 3.11. The predicted molar refractivity (Wildman–Crippen MR) is 55.8 cm³/mol. The third kappa shape index (κ3) is 2.97. The highest BCUT2D eigenvalue weighted by Gasteiger charge is 2.28. The number of hydrogen-bond acceptors (Lipinski definition) is 3. The number of nitrogens with one attached hydrogen (secondary N) is 1. The van der Waals surface area contributed by atoms with Crippen LogP contribution in [0.15, 0.2) is 0 Å². The lowest BCUT2D eigenvalue weighted by atomic mass is 10.2. The molecule has 0 aromatic carbocycles. The number of hydrogen-bond donors (Lipinski definition) is 1. The van der Waals surface area contributed by atoms with Crippen LogP contribution in [0.3, 0.4) is 0 Å². The highest BCUT2D eigenvalue weighted by atomic mass is 15.2.